The number of hydrogen-bond donors (Lipinski definition) is 4. The summed E-state index contributed by atoms with van der Waals surface area (Å²) in [6.07, 6.45) is 1.63. The van der Waals surface area contributed by atoms with Gasteiger partial charge >= 0.3 is 6.01 Å². The number of nitrogens with zero attached hydrogens (tertiary/aromatic N) is 4. The molecule has 1 aliphatic rings. The Hall–Kier alpha value is -5.89. The third kappa shape index (κ3) is 6.00. The number of anilines is 2. The lowest BCUT2D eigenvalue weighted by Gasteiger charge is -2.26. The number of amides is 2. The average molecular weight is 656 g/mol. The van der Waals surface area contributed by atoms with Crippen molar-refractivity contribution in [3.8, 4) is 28.9 Å². The predicted octanol–water partition coefficient (Wildman–Crippen LogP) is 4.01. The van der Waals surface area contributed by atoms with Crippen molar-refractivity contribution < 1.29 is 34.7 Å². The highest BCUT2D eigenvalue weighted by Crippen LogP contribution is 2.45. The van der Waals surface area contributed by atoms with E-state index < -0.39 is 28.6 Å². The number of nitrogens with one attached hydrogen (secondary N) is 2. The Balaban J connectivity index is 0.00000468. The second-order valence-electron chi connectivity index (χ2n) is 11.7. The standard InChI is InChI=1S/C34H32FN7O6.H2/c1-33(31(36)44)17-48-29-22(33)14-24(40-28(29)18-7-9-21(35)10-8-18)34(2,45)16-38-30(43)20-12-19-6-5-11-37-27(19)23(13-20)39-25-15-26(46-3)42-32(41-25)47-4;/h5-15,45H,16-17H2,1-4H3,(H2,36,44)(H,38,43)(H,39,41,42);1H/t33-,34-;/m0./s1. The lowest BCUT2D eigenvalue weighted by molar-refractivity contribution is -0.123. The van der Waals surface area contributed by atoms with Crippen molar-refractivity contribution in [1.82, 2.24) is 25.3 Å². The molecule has 248 valence electrons. The zero-order valence-corrected chi connectivity index (χ0v) is 26.5. The van der Waals surface area contributed by atoms with Crippen LogP contribution in [0.4, 0.5) is 15.9 Å². The Bertz CT molecular complexity index is 2040. The van der Waals surface area contributed by atoms with Crippen molar-refractivity contribution >= 4 is 34.2 Å². The number of aromatic nitrogens is 4. The van der Waals surface area contributed by atoms with Gasteiger partial charge in [0.05, 0.1) is 37.7 Å². The van der Waals surface area contributed by atoms with Crippen molar-refractivity contribution in [2.24, 2.45) is 5.73 Å². The largest absolute Gasteiger partial charge is 0.489 e. The quantitative estimate of drug-likeness (QED) is 0.171. The van der Waals surface area contributed by atoms with E-state index in [9.17, 15) is 19.1 Å². The van der Waals surface area contributed by atoms with Crippen LogP contribution in [-0.4, -0.2) is 64.2 Å². The predicted molar refractivity (Wildman–Crippen MR) is 176 cm³/mol. The molecule has 14 heteroatoms. The summed E-state index contributed by atoms with van der Waals surface area (Å²) in [6, 6.07) is 15.6. The van der Waals surface area contributed by atoms with Gasteiger partial charge in [0, 0.05) is 35.8 Å². The molecule has 4 heterocycles. The first kappa shape index (κ1) is 32.1. The van der Waals surface area contributed by atoms with Gasteiger partial charge in [-0.1, -0.05) is 6.07 Å². The number of carbonyl (C=O) groups excluding carboxylic acids is 2. The van der Waals surface area contributed by atoms with Crippen LogP contribution in [0.25, 0.3) is 22.2 Å². The number of methoxy groups -OCH3 is 2. The fraction of sp³-hybridized carbons (Fsp3) is 0.235. The van der Waals surface area contributed by atoms with Gasteiger partial charge in [-0.3, -0.25) is 14.6 Å². The molecule has 6 rings (SSSR count). The summed E-state index contributed by atoms with van der Waals surface area (Å²) < 4.78 is 30.1. The van der Waals surface area contributed by atoms with E-state index in [1.807, 2.05) is 6.07 Å². The van der Waals surface area contributed by atoms with E-state index in [4.69, 9.17) is 19.9 Å². The minimum Gasteiger partial charge on any atom is -0.489 e. The fourth-order valence-corrected chi connectivity index (χ4v) is 5.33. The number of benzene rings is 2. The first-order valence-electron chi connectivity index (χ1n) is 14.8. The molecule has 2 atom stereocenters. The molecule has 48 heavy (non-hydrogen) atoms. The molecule has 5 aromatic rings. The number of carbonyl (C=O) groups is 2. The summed E-state index contributed by atoms with van der Waals surface area (Å²) in [5, 5.41) is 18.3. The van der Waals surface area contributed by atoms with Gasteiger partial charge in [0.1, 0.15) is 40.7 Å². The molecule has 0 saturated heterocycles. The number of fused-ring (bicyclic) bond motifs is 2. The van der Waals surface area contributed by atoms with Crippen LogP contribution in [0.3, 0.4) is 0 Å². The first-order valence-corrected chi connectivity index (χ1v) is 14.8. The number of nitrogens with two attached hydrogens (primary N) is 1. The monoisotopic (exact) mass is 655 g/mol. The van der Waals surface area contributed by atoms with E-state index in [0.717, 1.165) is 0 Å². The summed E-state index contributed by atoms with van der Waals surface area (Å²) >= 11 is 0. The van der Waals surface area contributed by atoms with Crippen LogP contribution in [0.15, 0.2) is 66.9 Å². The zero-order valence-electron chi connectivity index (χ0n) is 26.5. The molecule has 0 unspecified atom stereocenters. The molecule has 0 radical (unpaired) electrons. The average Bonchev–Trinajstić information content (AvgIpc) is 3.44. The van der Waals surface area contributed by atoms with Crippen molar-refractivity contribution in [1.29, 1.82) is 0 Å². The van der Waals surface area contributed by atoms with Crippen molar-refractivity contribution in [2.45, 2.75) is 24.9 Å². The van der Waals surface area contributed by atoms with Gasteiger partial charge in [-0.15, -0.1) is 0 Å². The van der Waals surface area contributed by atoms with Gasteiger partial charge in [0.15, 0.2) is 0 Å². The molecule has 13 nitrogen and oxygen atoms in total. The molecular weight excluding hydrogens is 621 g/mol. The number of halogens is 1. The SMILES string of the molecule is COc1cc(Nc2cc(C(=O)NC[C@](C)(O)c3cc4c(c(-c5ccc(F)cc5)n3)OC[C@]4(C)C(N)=O)cc3cccnc23)nc(OC)n1.[HH]. The third-order valence-electron chi connectivity index (χ3n) is 8.18. The maximum absolute atomic E-state index is 13.8. The van der Waals surface area contributed by atoms with Crippen LogP contribution in [0.1, 0.15) is 36.9 Å². The van der Waals surface area contributed by atoms with Crippen molar-refractivity contribution in [3.05, 3.63) is 89.5 Å². The molecular formula is C34H34FN7O6. The summed E-state index contributed by atoms with van der Waals surface area (Å²) in [5.74, 6) is -0.628. The number of pyridine rings is 2. The molecule has 0 bridgehead atoms. The highest BCUT2D eigenvalue weighted by molar-refractivity contribution is 6.02. The maximum atomic E-state index is 13.8. The van der Waals surface area contributed by atoms with E-state index in [0.29, 0.717) is 45.0 Å². The van der Waals surface area contributed by atoms with Gasteiger partial charge in [-0.2, -0.15) is 9.97 Å². The van der Waals surface area contributed by atoms with Gasteiger partial charge < -0.3 is 35.7 Å². The Morgan fingerprint density at radius 2 is 1.88 bits per heavy atom. The number of primary amides is 1. The number of aliphatic hydroxyl groups is 1. The summed E-state index contributed by atoms with van der Waals surface area (Å²) in [7, 11) is 2.90. The Morgan fingerprint density at radius 3 is 2.58 bits per heavy atom. The van der Waals surface area contributed by atoms with Crippen LogP contribution < -0.4 is 30.6 Å². The maximum Gasteiger partial charge on any atom is 0.321 e. The Morgan fingerprint density at radius 1 is 1.10 bits per heavy atom. The minimum atomic E-state index is -1.73. The molecule has 0 saturated carbocycles. The van der Waals surface area contributed by atoms with Gasteiger partial charge in [-0.25, -0.2) is 9.37 Å². The van der Waals surface area contributed by atoms with Gasteiger partial charge in [0.2, 0.25) is 11.8 Å². The number of hydrogen-bond acceptors (Lipinski definition) is 11. The third-order valence-corrected chi connectivity index (χ3v) is 8.18. The second-order valence-corrected chi connectivity index (χ2v) is 11.7. The van der Waals surface area contributed by atoms with Crippen LogP contribution in [-0.2, 0) is 15.8 Å². The van der Waals surface area contributed by atoms with E-state index in [1.54, 1.807) is 43.5 Å². The van der Waals surface area contributed by atoms with Crippen LogP contribution >= 0.6 is 0 Å². The first-order chi connectivity index (χ1) is 22.9. The molecule has 2 amide bonds. The summed E-state index contributed by atoms with van der Waals surface area (Å²) in [6.45, 7) is 2.84. The van der Waals surface area contributed by atoms with Crippen molar-refractivity contribution in [3.63, 3.8) is 0 Å². The van der Waals surface area contributed by atoms with Crippen molar-refractivity contribution in [2.75, 3.05) is 32.7 Å². The van der Waals surface area contributed by atoms with E-state index in [2.05, 4.69) is 30.6 Å². The highest BCUT2D eigenvalue weighted by Gasteiger charge is 2.45. The van der Waals surface area contributed by atoms with Crippen LogP contribution in [0.5, 0.6) is 17.6 Å². The highest BCUT2D eigenvalue weighted by atomic mass is 19.1. The van der Waals surface area contributed by atoms with E-state index >= 15 is 0 Å². The lowest BCUT2D eigenvalue weighted by atomic mass is 9.82. The molecule has 5 N–H and O–H groups in total. The van der Waals surface area contributed by atoms with Gasteiger partial charge in [-0.05, 0) is 62.4 Å². The minimum absolute atomic E-state index is 0. The summed E-state index contributed by atoms with van der Waals surface area (Å²) in [5.41, 5.74) is 5.54. The number of rotatable bonds is 10. The topological polar surface area (TPSA) is 184 Å². The molecule has 0 spiro atoms. The Labute approximate surface area is 275 Å². The molecule has 1 aliphatic heterocycles. The second kappa shape index (κ2) is 12.4. The zero-order chi connectivity index (χ0) is 34.2. The van der Waals surface area contributed by atoms with Crippen LogP contribution in [0.2, 0.25) is 0 Å². The Kier molecular flexibility index (Phi) is 8.27. The van der Waals surface area contributed by atoms with Gasteiger partial charge in [0.25, 0.3) is 5.91 Å². The number of ether oxygens (including phenoxy) is 3. The molecule has 3 aromatic heterocycles. The van der Waals surface area contributed by atoms with Crippen LogP contribution in [0, 0.1) is 5.82 Å². The fourth-order valence-electron chi connectivity index (χ4n) is 5.33. The smallest absolute Gasteiger partial charge is 0.321 e. The summed E-state index contributed by atoms with van der Waals surface area (Å²) in [4.78, 5) is 43.7. The van der Waals surface area contributed by atoms with E-state index in [1.165, 1.54) is 45.4 Å². The molecule has 0 fully saturated rings. The lowest BCUT2D eigenvalue weighted by Crippen LogP contribution is -2.41. The van der Waals surface area contributed by atoms with E-state index in [-0.39, 0.29) is 37.7 Å². The molecule has 0 aliphatic carbocycles. The normalized spacial score (nSPS) is 16.4. The molecule has 2 aromatic carbocycles.